The third-order valence-electron chi connectivity index (χ3n) is 3.74. The standard InChI is InChI=1S/C18H23NO2/c1-5-12-6-8-15-14(10-12)13(7-9-17(20)21)11-16(19-15)18(2,3)4/h6,8,10-11H,5,7,9H2,1-4H3,(H,20,21). The zero-order valence-electron chi connectivity index (χ0n) is 13.2. The van der Waals surface area contributed by atoms with Gasteiger partial charge in [-0.05, 0) is 42.2 Å². The number of carboxylic acids is 1. The SMILES string of the molecule is CCc1ccc2nc(C(C)(C)C)cc(CCC(=O)O)c2c1. The Morgan fingerprint density at radius 2 is 1.95 bits per heavy atom. The fourth-order valence-corrected chi connectivity index (χ4v) is 2.40. The molecule has 0 saturated carbocycles. The number of aromatic nitrogens is 1. The van der Waals surface area contributed by atoms with Gasteiger partial charge in [0, 0.05) is 22.9 Å². The number of aryl methyl sites for hydroxylation is 2. The third kappa shape index (κ3) is 3.60. The monoisotopic (exact) mass is 285 g/mol. The van der Waals surface area contributed by atoms with E-state index in [1.165, 1.54) is 5.56 Å². The molecule has 3 heteroatoms. The molecule has 112 valence electrons. The van der Waals surface area contributed by atoms with Crippen LogP contribution in [-0.2, 0) is 23.1 Å². The Balaban J connectivity index is 2.60. The van der Waals surface area contributed by atoms with Crippen LogP contribution in [0.25, 0.3) is 10.9 Å². The minimum absolute atomic E-state index is 0.0460. The molecule has 0 atom stereocenters. The van der Waals surface area contributed by atoms with Gasteiger partial charge >= 0.3 is 5.97 Å². The quantitative estimate of drug-likeness (QED) is 0.919. The van der Waals surface area contributed by atoms with E-state index in [1.54, 1.807) is 0 Å². The van der Waals surface area contributed by atoms with E-state index in [0.29, 0.717) is 6.42 Å². The Hall–Kier alpha value is -1.90. The molecule has 2 rings (SSSR count). The molecule has 0 amide bonds. The van der Waals surface area contributed by atoms with Crippen LogP contribution < -0.4 is 0 Å². The molecule has 1 N–H and O–H groups in total. The van der Waals surface area contributed by atoms with Gasteiger partial charge in [0.15, 0.2) is 0 Å². The molecule has 1 aromatic heterocycles. The molecule has 1 aromatic carbocycles. The summed E-state index contributed by atoms with van der Waals surface area (Å²) in [5, 5.41) is 10.0. The molecule has 0 saturated heterocycles. The van der Waals surface area contributed by atoms with E-state index in [2.05, 4.69) is 45.9 Å². The van der Waals surface area contributed by atoms with Crippen LogP contribution in [0.2, 0.25) is 0 Å². The number of fused-ring (bicyclic) bond motifs is 1. The Kier molecular flexibility index (Phi) is 4.31. The Labute approximate surface area is 126 Å². The van der Waals surface area contributed by atoms with E-state index in [-0.39, 0.29) is 11.8 Å². The van der Waals surface area contributed by atoms with Gasteiger partial charge in [0.2, 0.25) is 0 Å². The lowest BCUT2D eigenvalue weighted by atomic mass is 9.89. The lowest BCUT2D eigenvalue weighted by Crippen LogP contribution is -2.14. The highest BCUT2D eigenvalue weighted by Crippen LogP contribution is 2.27. The highest BCUT2D eigenvalue weighted by molar-refractivity contribution is 5.84. The maximum atomic E-state index is 10.9. The first kappa shape index (κ1) is 15.5. The summed E-state index contributed by atoms with van der Waals surface area (Å²) in [6.45, 7) is 8.50. The molecule has 0 unspecified atom stereocenters. The fourth-order valence-electron chi connectivity index (χ4n) is 2.40. The predicted octanol–water partition coefficient (Wildman–Crippen LogP) is 4.11. The van der Waals surface area contributed by atoms with Gasteiger partial charge in [0.05, 0.1) is 5.52 Å². The Morgan fingerprint density at radius 3 is 2.52 bits per heavy atom. The molecule has 3 nitrogen and oxygen atoms in total. The highest BCUT2D eigenvalue weighted by Gasteiger charge is 2.18. The summed E-state index contributed by atoms with van der Waals surface area (Å²) < 4.78 is 0. The summed E-state index contributed by atoms with van der Waals surface area (Å²) >= 11 is 0. The van der Waals surface area contributed by atoms with Gasteiger partial charge in [-0.2, -0.15) is 0 Å². The van der Waals surface area contributed by atoms with Crippen molar-refractivity contribution in [2.45, 2.75) is 52.4 Å². The summed E-state index contributed by atoms with van der Waals surface area (Å²) in [4.78, 5) is 15.7. The Morgan fingerprint density at radius 1 is 1.24 bits per heavy atom. The zero-order valence-corrected chi connectivity index (χ0v) is 13.2. The van der Waals surface area contributed by atoms with E-state index in [1.807, 2.05) is 6.07 Å². The number of carboxylic acid groups (broad SMARTS) is 1. The van der Waals surface area contributed by atoms with E-state index in [0.717, 1.165) is 28.6 Å². The van der Waals surface area contributed by atoms with Gasteiger partial charge in [0.1, 0.15) is 0 Å². The second-order valence-corrected chi connectivity index (χ2v) is 6.52. The van der Waals surface area contributed by atoms with Crippen LogP contribution in [0.5, 0.6) is 0 Å². The van der Waals surface area contributed by atoms with Gasteiger partial charge in [-0.1, -0.05) is 33.8 Å². The van der Waals surface area contributed by atoms with Crippen LogP contribution in [0.15, 0.2) is 24.3 Å². The molecule has 0 radical (unpaired) electrons. The summed E-state index contributed by atoms with van der Waals surface area (Å²) in [7, 11) is 0. The van der Waals surface area contributed by atoms with Crippen LogP contribution in [-0.4, -0.2) is 16.1 Å². The average Bonchev–Trinajstić information content (AvgIpc) is 2.42. The molecule has 0 spiro atoms. The molecule has 0 aliphatic rings. The smallest absolute Gasteiger partial charge is 0.303 e. The number of nitrogens with zero attached hydrogens (tertiary/aromatic N) is 1. The summed E-state index contributed by atoms with van der Waals surface area (Å²) in [6.07, 6.45) is 1.67. The van der Waals surface area contributed by atoms with Crippen molar-refractivity contribution >= 4 is 16.9 Å². The molecule has 2 aromatic rings. The number of benzene rings is 1. The lowest BCUT2D eigenvalue weighted by Gasteiger charge is -2.20. The molecular formula is C18H23NO2. The molecule has 0 aliphatic carbocycles. The summed E-state index contributed by atoms with van der Waals surface area (Å²) in [6, 6.07) is 8.37. The van der Waals surface area contributed by atoms with Gasteiger partial charge in [-0.25, -0.2) is 0 Å². The van der Waals surface area contributed by atoms with Gasteiger partial charge in [0.25, 0.3) is 0 Å². The van der Waals surface area contributed by atoms with Crippen molar-refractivity contribution in [3.05, 3.63) is 41.1 Å². The molecule has 0 aliphatic heterocycles. The first-order valence-electron chi connectivity index (χ1n) is 7.46. The molecule has 0 fully saturated rings. The zero-order chi connectivity index (χ0) is 15.6. The normalized spacial score (nSPS) is 11.8. The number of hydrogen-bond donors (Lipinski definition) is 1. The highest BCUT2D eigenvalue weighted by atomic mass is 16.4. The van der Waals surface area contributed by atoms with Crippen molar-refractivity contribution in [3.63, 3.8) is 0 Å². The van der Waals surface area contributed by atoms with Crippen molar-refractivity contribution in [3.8, 4) is 0 Å². The first-order valence-corrected chi connectivity index (χ1v) is 7.46. The first-order chi connectivity index (χ1) is 9.81. The largest absolute Gasteiger partial charge is 0.481 e. The summed E-state index contributed by atoms with van der Waals surface area (Å²) in [5.41, 5.74) is 4.27. The summed E-state index contributed by atoms with van der Waals surface area (Å²) in [5.74, 6) is -0.760. The predicted molar refractivity (Wildman–Crippen MR) is 85.8 cm³/mol. The maximum absolute atomic E-state index is 10.9. The van der Waals surface area contributed by atoms with E-state index < -0.39 is 5.97 Å². The Bertz CT molecular complexity index is 669. The van der Waals surface area contributed by atoms with Gasteiger partial charge in [-0.3, -0.25) is 9.78 Å². The van der Waals surface area contributed by atoms with Crippen molar-refractivity contribution in [1.29, 1.82) is 0 Å². The second-order valence-electron chi connectivity index (χ2n) is 6.52. The van der Waals surface area contributed by atoms with Crippen molar-refractivity contribution in [2.24, 2.45) is 0 Å². The average molecular weight is 285 g/mol. The molecule has 0 bridgehead atoms. The van der Waals surface area contributed by atoms with Crippen LogP contribution in [0, 0.1) is 0 Å². The number of rotatable bonds is 4. The van der Waals surface area contributed by atoms with Crippen LogP contribution in [0.3, 0.4) is 0 Å². The number of aliphatic carboxylic acids is 1. The number of pyridine rings is 1. The molecule has 1 heterocycles. The fraction of sp³-hybridized carbons (Fsp3) is 0.444. The minimum atomic E-state index is -0.760. The molecule has 21 heavy (non-hydrogen) atoms. The lowest BCUT2D eigenvalue weighted by molar-refractivity contribution is -0.136. The van der Waals surface area contributed by atoms with Crippen LogP contribution >= 0.6 is 0 Å². The maximum Gasteiger partial charge on any atom is 0.303 e. The van der Waals surface area contributed by atoms with Crippen LogP contribution in [0.1, 0.15) is 50.9 Å². The number of carbonyl (C=O) groups is 1. The minimum Gasteiger partial charge on any atom is -0.481 e. The third-order valence-corrected chi connectivity index (χ3v) is 3.74. The van der Waals surface area contributed by atoms with Gasteiger partial charge < -0.3 is 5.11 Å². The van der Waals surface area contributed by atoms with Crippen LogP contribution in [0.4, 0.5) is 0 Å². The van der Waals surface area contributed by atoms with Crippen molar-refractivity contribution in [1.82, 2.24) is 4.98 Å². The van der Waals surface area contributed by atoms with Crippen molar-refractivity contribution < 1.29 is 9.90 Å². The van der Waals surface area contributed by atoms with Gasteiger partial charge in [-0.15, -0.1) is 0 Å². The van der Waals surface area contributed by atoms with E-state index >= 15 is 0 Å². The number of hydrogen-bond acceptors (Lipinski definition) is 2. The van der Waals surface area contributed by atoms with E-state index in [9.17, 15) is 4.79 Å². The van der Waals surface area contributed by atoms with Crippen molar-refractivity contribution in [2.75, 3.05) is 0 Å². The second kappa shape index (κ2) is 5.84. The molecular weight excluding hydrogens is 262 g/mol. The van der Waals surface area contributed by atoms with E-state index in [4.69, 9.17) is 10.1 Å². The topological polar surface area (TPSA) is 50.2 Å².